The van der Waals surface area contributed by atoms with Crippen LogP contribution < -0.4 is 10.2 Å². The van der Waals surface area contributed by atoms with Crippen molar-refractivity contribution >= 4 is 37.3 Å². The van der Waals surface area contributed by atoms with E-state index in [0.717, 1.165) is 5.69 Å². The number of nitrogens with one attached hydrogen (secondary N) is 1. The van der Waals surface area contributed by atoms with E-state index in [1.54, 1.807) is 26.0 Å². The Hall–Kier alpha value is -1.69. The SMILES string of the molecule is CCN(CC)c1ccc(S(=O)(=O)N(CC)CC)cc1NC(=O)C1CCN(S(C)(=O)=O)CC1. The molecule has 0 unspecified atom stereocenters. The number of carbonyl (C=O) groups excluding carboxylic acids is 1. The van der Waals surface area contributed by atoms with Gasteiger partial charge in [0.15, 0.2) is 0 Å². The van der Waals surface area contributed by atoms with Gasteiger partial charge in [0, 0.05) is 45.2 Å². The highest BCUT2D eigenvalue weighted by Gasteiger charge is 2.30. The number of benzene rings is 1. The van der Waals surface area contributed by atoms with Gasteiger partial charge in [-0.2, -0.15) is 4.31 Å². The van der Waals surface area contributed by atoms with Crippen molar-refractivity contribution in [2.75, 3.05) is 55.7 Å². The number of sulfonamides is 2. The molecule has 0 aliphatic carbocycles. The molecule has 1 aliphatic heterocycles. The van der Waals surface area contributed by atoms with E-state index in [1.165, 1.54) is 20.9 Å². The molecule has 1 amide bonds. The number of nitrogens with zero attached hydrogens (tertiary/aromatic N) is 3. The first kappa shape index (κ1) is 26.6. The first-order chi connectivity index (χ1) is 15.0. The van der Waals surface area contributed by atoms with Crippen molar-refractivity contribution in [3.8, 4) is 0 Å². The van der Waals surface area contributed by atoms with E-state index in [1.807, 2.05) is 13.8 Å². The third-order valence-electron chi connectivity index (χ3n) is 5.97. The minimum Gasteiger partial charge on any atom is -0.370 e. The summed E-state index contributed by atoms with van der Waals surface area (Å²) in [5.41, 5.74) is 1.22. The molecule has 1 N–H and O–H groups in total. The Kier molecular flexibility index (Phi) is 9.09. The first-order valence-corrected chi connectivity index (χ1v) is 14.4. The Morgan fingerprint density at radius 1 is 1.00 bits per heavy atom. The highest BCUT2D eigenvalue weighted by atomic mass is 32.2. The Morgan fingerprint density at radius 3 is 2.03 bits per heavy atom. The number of carbonyl (C=O) groups is 1. The summed E-state index contributed by atoms with van der Waals surface area (Å²) in [6.45, 7) is 10.3. The number of anilines is 2. The zero-order valence-corrected chi connectivity index (χ0v) is 21.3. The smallest absolute Gasteiger partial charge is 0.243 e. The molecule has 1 fully saturated rings. The Labute approximate surface area is 192 Å². The van der Waals surface area contributed by atoms with Crippen molar-refractivity contribution in [2.45, 2.75) is 45.4 Å². The fraction of sp³-hybridized carbons (Fsp3) is 0.667. The maximum absolute atomic E-state index is 13.0. The summed E-state index contributed by atoms with van der Waals surface area (Å²) < 4.78 is 52.3. The molecule has 0 radical (unpaired) electrons. The maximum Gasteiger partial charge on any atom is 0.243 e. The molecule has 11 heteroatoms. The van der Waals surface area contributed by atoms with E-state index in [4.69, 9.17) is 0 Å². The number of rotatable bonds is 10. The molecule has 0 saturated carbocycles. The molecule has 0 bridgehead atoms. The van der Waals surface area contributed by atoms with E-state index in [0.29, 0.717) is 57.8 Å². The van der Waals surface area contributed by atoms with Crippen LogP contribution in [0, 0.1) is 5.92 Å². The summed E-state index contributed by atoms with van der Waals surface area (Å²) in [5.74, 6) is -0.551. The molecule has 1 aliphatic rings. The van der Waals surface area contributed by atoms with E-state index in [-0.39, 0.29) is 16.7 Å². The van der Waals surface area contributed by atoms with Gasteiger partial charge in [0.25, 0.3) is 0 Å². The van der Waals surface area contributed by atoms with E-state index in [9.17, 15) is 21.6 Å². The quantitative estimate of drug-likeness (QED) is 0.541. The van der Waals surface area contributed by atoms with Gasteiger partial charge in [-0.1, -0.05) is 13.8 Å². The van der Waals surface area contributed by atoms with Gasteiger partial charge in [-0.15, -0.1) is 0 Å². The average Bonchev–Trinajstić information content (AvgIpc) is 2.75. The zero-order chi connectivity index (χ0) is 24.1. The highest BCUT2D eigenvalue weighted by Crippen LogP contribution is 2.31. The second kappa shape index (κ2) is 11.0. The van der Waals surface area contributed by atoms with Gasteiger partial charge in [-0.05, 0) is 44.9 Å². The van der Waals surface area contributed by atoms with Crippen LogP contribution in [0.4, 0.5) is 11.4 Å². The van der Waals surface area contributed by atoms with Crippen LogP contribution in [0.1, 0.15) is 40.5 Å². The van der Waals surface area contributed by atoms with Crippen LogP contribution in [0.2, 0.25) is 0 Å². The molecule has 1 heterocycles. The number of amides is 1. The largest absolute Gasteiger partial charge is 0.370 e. The van der Waals surface area contributed by atoms with Crippen LogP contribution in [0.3, 0.4) is 0 Å². The van der Waals surface area contributed by atoms with Gasteiger partial charge >= 0.3 is 0 Å². The summed E-state index contributed by atoms with van der Waals surface area (Å²) >= 11 is 0. The van der Waals surface area contributed by atoms with Crippen LogP contribution in [0.15, 0.2) is 23.1 Å². The molecule has 32 heavy (non-hydrogen) atoms. The summed E-state index contributed by atoms with van der Waals surface area (Å²) in [6.07, 6.45) is 2.03. The molecule has 0 aromatic heterocycles. The number of piperidine rings is 1. The Bertz CT molecular complexity index is 995. The fourth-order valence-corrected chi connectivity index (χ4v) is 6.37. The van der Waals surface area contributed by atoms with Gasteiger partial charge in [0.2, 0.25) is 26.0 Å². The van der Waals surface area contributed by atoms with Gasteiger partial charge in [0.05, 0.1) is 22.5 Å². The van der Waals surface area contributed by atoms with E-state index < -0.39 is 20.0 Å². The first-order valence-electron chi connectivity index (χ1n) is 11.1. The predicted molar refractivity (Wildman–Crippen MR) is 128 cm³/mol. The molecule has 0 spiro atoms. The van der Waals surface area contributed by atoms with Crippen LogP contribution in [0.25, 0.3) is 0 Å². The third-order valence-corrected chi connectivity index (χ3v) is 9.32. The van der Waals surface area contributed by atoms with Crippen molar-refractivity contribution in [2.24, 2.45) is 5.92 Å². The predicted octanol–water partition coefficient (Wildman–Crippen LogP) is 2.17. The van der Waals surface area contributed by atoms with Gasteiger partial charge in [0.1, 0.15) is 0 Å². The standard InChI is InChI=1S/C21H36N4O5S2/c1-6-23(7-2)20-11-10-18(32(29,30)24(8-3)9-4)16-19(20)22-21(26)17-12-14-25(15-13-17)31(5,27)28/h10-11,16-17H,6-9,12-15H2,1-5H3,(H,22,26). The molecule has 182 valence electrons. The second-order valence-electron chi connectivity index (χ2n) is 7.87. The summed E-state index contributed by atoms with van der Waals surface area (Å²) in [7, 11) is -6.94. The fourth-order valence-electron chi connectivity index (χ4n) is 4.01. The molecular weight excluding hydrogens is 452 g/mol. The van der Waals surface area contributed by atoms with Crippen LogP contribution >= 0.6 is 0 Å². The lowest BCUT2D eigenvalue weighted by Gasteiger charge is -2.30. The number of hydrogen-bond acceptors (Lipinski definition) is 6. The zero-order valence-electron chi connectivity index (χ0n) is 19.7. The summed E-state index contributed by atoms with van der Waals surface area (Å²) in [4.78, 5) is 15.2. The lowest BCUT2D eigenvalue weighted by atomic mass is 9.97. The molecule has 1 aromatic carbocycles. The minimum atomic E-state index is -3.67. The molecule has 2 rings (SSSR count). The molecule has 0 atom stereocenters. The maximum atomic E-state index is 13.0. The summed E-state index contributed by atoms with van der Waals surface area (Å²) in [5, 5.41) is 2.94. The third kappa shape index (κ3) is 6.00. The van der Waals surface area contributed by atoms with Crippen molar-refractivity contribution in [1.82, 2.24) is 8.61 Å². The molecule has 1 saturated heterocycles. The monoisotopic (exact) mass is 488 g/mol. The van der Waals surface area contributed by atoms with Crippen molar-refractivity contribution < 1.29 is 21.6 Å². The topological polar surface area (TPSA) is 107 Å². The van der Waals surface area contributed by atoms with Gasteiger partial charge in [-0.25, -0.2) is 21.1 Å². The van der Waals surface area contributed by atoms with Crippen LogP contribution in [-0.4, -0.2) is 76.9 Å². The van der Waals surface area contributed by atoms with Gasteiger partial charge < -0.3 is 10.2 Å². The normalized spacial score (nSPS) is 16.3. The van der Waals surface area contributed by atoms with Crippen molar-refractivity contribution in [1.29, 1.82) is 0 Å². The Morgan fingerprint density at radius 2 is 1.56 bits per heavy atom. The molecular formula is C21H36N4O5S2. The van der Waals surface area contributed by atoms with Crippen LogP contribution in [0.5, 0.6) is 0 Å². The molecule has 1 aromatic rings. The second-order valence-corrected chi connectivity index (χ2v) is 11.8. The lowest BCUT2D eigenvalue weighted by Crippen LogP contribution is -2.41. The summed E-state index contributed by atoms with van der Waals surface area (Å²) in [6, 6.07) is 4.86. The highest BCUT2D eigenvalue weighted by molar-refractivity contribution is 7.89. The number of hydrogen-bond donors (Lipinski definition) is 1. The average molecular weight is 489 g/mol. The minimum absolute atomic E-state index is 0.138. The van der Waals surface area contributed by atoms with E-state index >= 15 is 0 Å². The van der Waals surface area contributed by atoms with Crippen molar-refractivity contribution in [3.05, 3.63) is 18.2 Å². The van der Waals surface area contributed by atoms with Crippen molar-refractivity contribution in [3.63, 3.8) is 0 Å². The molecule has 9 nitrogen and oxygen atoms in total. The van der Waals surface area contributed by atoms with Gasteiger partial charge in [-0.3, -0.25) is 4.79 Å². The van der Waals surface area contributed by atoms with Crippen LogP contribution in [-0.2, 0) is 24.8 Å². The lowest BCUT2D eigenvalue weighted by molar-refractivity contribution is -0.120. The van der Waals surface area contributed by atoms with E-state index in [2.05, 4.69) is 10.2 Å². The Balaban J connectivity index is 2.34.